The molecule has 0 fully saturated rings. The van der Waals surface area contributed by atoms with Gasteiger partial charge in [-0.2, -0.15) is 0 Å². The minimum atomic E-state index is -0.252. The molecule has 0 aromatic rings. The van der Waals surface area contributed by atoms with E-state index < -0.39 is 0 Å². The Bertz CT molecular complexity index is 595. The molecule has 0 amide bonds. The normalized spacial score (nSPS) is 11.4. The molecule has 0 aliphatic heterocycles. The number of rotatable bonds is 42. The second kappa shape index (κ2) is 43.3. The minimum absolute atomic E-state index is 0.252. The van der Waals surface area contributed by atoms with Crippen molar-refractivity contribution in [2.45, 2.75) is 13.3 Å². The molecule has 0 radical (unpaired) electrons. The second-order valence-electron chi connectivity index (χ2n) is 9.20. The molecule has 47 heavy (non-hydrogen) atoms. The van der Waals surface area contributed by atoms with Crippen molar-refractivity contribution in [1.82, 2.24) is 0 Å². The van der Waals surface area contributed by atoms with Crippen molar-refractivity contribution in [2.75, 3.05) is 184 Å². The third kappa shape index (κ3) is 43.2. The van der Waals surface area contributed by atoms with Gasteiger partial charge in [-0.15, -0.1) is 11.6 Å². The molecule has 0 aromatic heterocycles. The van der Waals surface area contributed by atoms with Crippen LogP contribution in [-0.4, -0.2) is 190 Å². The number of hydrogen-bond donors (Lipinski definition) is 0. The van der Waals surface area contributed by atoms with Crippen molar-refractivity contribution in [3.63, 3.8) is 0 Å². The van der Waals surface area contributed by atoms with E-state index >= 15 is 0 Å². The second-order valence-corrected chi connectivity index (χ2v) is 9.58. The standard InChI is InChI=1S/C31H61ClO15/c1-2-47-31(33)3-5-34-7-9-36-11-13-38-15-17-40-19-21-42-23-25-44-27-29-46-30-28-45-26-24-43-22-20-41-18-16-39-14-12-37-10-8-35-6-4-32/h2-30H2,1H3. The van der Waals surface area contributed by atoms with E-state index in [0.29, 0.717) is 184 Å². The Hall–Kier alpha value is -0.760. The molecule has 0 aromatic carbocycles. The van der Waals surface area contributed by atoms with E-state index in [4.69, 9.17) is 77.9 Å². The van der Waals surface area contributed by atoms with Crippen LogP contribution in [0.15, 0.2) is 0 Å². The van der Waals surface area contributed by atoms with E-state index in [1.807, 2.05) is 0 Å². The fraction of sp³-hybridized carbons (Fsp3) is 0.968. The van der Waals surface area contributed by atoms with Crippen LogP contribution >= 0.6 is 11.6 Å². The van der Waals surface area contributed by atoms with Crippen molar-refractivity contribution < 1.29 is 71.1 Å². The summed E-state index contributed by atoms with van der Waals surface area (Å²) in [6, 6.07) is 0. The van der Waals surface area contributed by atoms with E-state index in [2.05, 4.69) is 0 Å². The minimum Gasteiger partial charge on any atom is -0.466 e. The van der Waals surface area contributed by atoms with Gasteiger partial charge in [-0.1, -0.05) is 0 Å². The van der Waals surface area contributed by atoms with Crippen molar-refractivity contribution in [3.05, 3.63) is 0 Å². The average molecular weight is 709 g/mol. The number of esters is 1. The fourth-order valence-corrected chi connectivity index (χ4v) is 3.29. The molecule has 0 heterocycles. The zero-order valence-corrected chi connectivity index (χ0v) is 29.3. The first-order valence-corrected chi connectivity index (χ1v) is 17.1. The number of ether oxygens (including phenoxy) is 14. The maximum atomic E-state index is 11.1. The van der Waals surface area contributed by atoms with Gasteiger partial charge < -0.3 is 66.3 Å². The van der Waals surface area contributed by atoms with E-state index in [1.165, 1.54) is 0 Å². The van der Waals surface area contributed by atoms with Crippen LogP contribution in [0.4, 0.5) is 0 Å². The number of carbonyl (C=O) groups excluding carboxylic acids is 1. The molecule has 0 atom stereocenters. The van der Waals surface area contributed by atoms with E-state index in [-0.39, 0.29) is 12.4 Å². The molecular weight excluding hydrogens is 648 g/mol. The number of halogens is 1. The number of carbonyl (C=O) groups is 1. The number of alkyl halides is 1. The number of hydrogen-bond acceptors (Lipinski definition) is 15. The van der Waals surface area contributed by atoms with Gasteiger partial charge in [0.25, 0.3) is 0 Å². The lowest BCUT2D eigenvalue weighted by atomic mass is 10.5. The summed E-state index contributed by atoms with van der Waals surface area (Å²) in [4.78, 5) is 11.1. The molecule has 0 N–H and O–H groups in total. The molecule has 282 valence electrons. The molecule has 0 aliphatic rings. The highest BCUT2D eigenvalue weighted by atomic mass is 35.5. The lowest BCUT2D eigenvalue weighted by molar-refractivity contribution is -0.144. The third-order valence-corrected chi connectivity index (χ3v) is 5.60. The highest BCUT2D eigenvalue weighted by Crippen LogP contribution is 1.90. The Morgan fingerprint density at radius 2 is 0.532 bits per heavy atom. The highest BCUT2D eigenvalue weighted by Gasteiger charge is 2.01. The van der Waals surface area contributed by atoms with Gasteiger partial charge in [0.1, 0.15) is 0 Å². The lowest BCUT2D eigenvalue weighted by Gasteiger charge is -2.09. The Morgan fingerprint density at radius 1 is 0.340 bits per heavy atom. The maximum Gasteiger partial charge on any atom is 0.308 e. The van der Waals surface area contributed by atoms with Crippen LogP contribution in [0.1, 0.15) is 13.3 Å². The first-order chi connectivity index (χ1) is 23.3. The summed E-state index contributed by atoms with van der Waals surface area (Å²) in [6.45, 7) is 15.0. The molecule has 16 heteroatoms. The smallest absolute Gasteiger partial charge is 0.308 e. The molecule has 15 nitrogen and oxygen atoms in total. The Kier molecular flexibility index (Phi) is 42.6. The van der Waals surface area contributed by atoms with Gasteiger partial charge in [0.05, 0.1) is 185 Å². The topological polar surface area (TPSA) is 146 Å². The van der Waals surface area contributed by atoms with Gasteiger partial charge in [0.2, 0.25) is 0 Å². The molecule has 0 bridgehead atoms. The molecular formula is C31H61ClO15. The zero-order valence-electron chi connectivity index (χ0n) is 28.5. The van der Waals surface area contributed by atoms with Crippen LogP contribution in [0.5, 0.6) is 0 Å². The average Bonchev–Trinajstić information content (AvgIpc) is 3.07. The summed E-state index contributed by atoms with van der Waals surface area (Å²) in [5, 5.41) is 0. The quantitative estimate of drug-likeness (QED) is 0.0511. The van der Waals surface area contributed by atoms with Crippen LogP contribution in [0.2, 0.25) is 0 Å². The summed E-state index contributed by atoms with van der Waals surface area (Å²) < 4.78 is 75.1. The van der Waals surface area contributed by atoms with Crippen LogP contribution in [-0.2, 0) is 71.1 Å². The Labute approximate surface area is 286 Å². The van der Waals surface area contributed by atoms with Crippen molar-refractivity contribution in [2.24, 2.45) is 0 Å². The summed E-state index contributed by atoms with van der Waals surface area (Å²) >= 11 is 5.51. The molecule has 0 rings (SSSR count). The summed E-state index contributed by atoms with van der Waals surface area (Å²) in [5.41, 5.74) is 0. The van der Waals surface area contributed by atoms with Gasteiger partial charge in [-0.3, -0.25) is 4.79 Å². The van der Waals surface area contributed by atoms with Gasteiger partial charge in [-0.25, -0.2) is 0 Å². The van der Waals surface area contributed by atoms with E-state index in [9.17, 15) is 4.79 Å². The van der Waals surface area contributed by atoms with Gasteiger partial charge >= 0.3 is 5.97 Å². The van der Waals surface area contributed by atoms with Crippen LogP contribution < -0.4 is 0 Å². The predicted molar refractivity (Wildman–Crippen MR) is 173 cm³/mol. The summed E-state index contributed by atoms with van der Waals surface area (Å²) in [5.74, 6) is 0.241. The van der Waals surface area contributed by atoms with Crippen molar-refractivity contribution in [1.29, 1.82) is 0 Å². The van der Waals surface area contributed by atoms with Gasteiger partial charge in [-0.05, 0) is 6.92 Å². The molecule has 0 aliphatic carbocycles. The maximum absolute atomic E-state index is 11.1. The van der Waals surface area contributed by atoms with Crippen LogP contribution in [0.3, 0.4) is 0 Å². The lowest BCUT2D eigenvalue weighted by Crippen LogP contribution is -2.15. The zero-order chi connectivity index (χ0) is 34.0. The highest BCUT2D eigenvalue weighted by molar-refractivity contribution is 6.17. The monoisotopic (exact) mass is 708 g/mol. The van der Waals surface area contributed by atoms with Crippen LogP contribution in [0.25, 0.3) is 0 Å². The van der Waals surface area contributed by atoms with Crippen molar-refractivity contribution >= 4 is 17.6 Å². The largest absolute Gasteiger partial charge is 0.466 e. The van der Waals surface area contributed by atoms with E-state index in [1.54, 1.807) is 6.92 Å². The molecule has 0 saturated heterocycles. The first kappa shape index (κ1) is 46.2. The third-order valence-electron chi connectivity index (χ3n) is 5.44. The van der Waals surface area contributed by atoms with E-state index in [0.717, 1.165) is 0 Å². The summed E-state index contributed by atoms with van der Waals surface area (Å²) in [7, 11) is 0. The molecule has 0 unspecified atom stereocenters. The Balaban J connectivity index is 3.05. The SMILES string of the molecule is CCOC(=O)CCOCCOCCOCCOCCOCCOCCOCCOCCOCCOCCOCCOCCOCCCl. The Morgan fingerprint density at radius 3 is 0.723 bits per heavy atom. The molecule has 0 spiro atoms. The fourth-order valence-electron chi connectivity index (χ4n) is 3.18. The first-order valence-electron chi connectivity index (χ1n) is 16.5. The van der Waals surface area contributed by atoms with Gasteiger partial charge in [0, 0.05) is 5.88 Å². The molecule has 0 saturated carbocycles. The predicted octanol–water partition coefficient (Wildman–Crippen LogP) is 1.39. The van der Waals surface area contributed by atoms with Gasteiger partial charge in [0.15, 0.2) is 0 Å². The van der Waals surface area contributed by atoms with Crippen molar-refractivity contribution in [3.8, 4) is 0 Å². The van der Waals surface area contributed by atoms with Crippen LogP contribution in [0, 0.1) is 0 Å². The summed E-state index contributed by atoms with van der Waals surface area (Å²) in [6.07, 6.45) is 0.254.